The SMILES string of the molecule is CSCCC(NC(=O)C(C)NC(=O)C(N)Cc1cnc[nH]1)C(=O)NC(CCCN=C(N)N)C(=O)O. The molecule has 14 nitrogen and oxygen atoms in total. The Morgan fingerprint density at radius 2 is 1.80 bits per heavy atom. The smallest absolute Gasteiger partial charge is 0.326 e. The average Bonchev–Trinajstić information content (AvgIpc) is 3.30. The number of thioether (sulfide) groups is 1. The molecule has 3 amide bonds. The molecule has 0 spiro atoms. The number of aliphatic carboxylic acids is 1. The van der Waals surface area contributed by atoms with Crippen molar-refractivity contribution in [2.24, 2.45) is 22.2 Å². The van der Waals surface area contributed by atoms with Crippen LogP contribution in [0.4, 0.5) is 0 Å². The number of nitrogens with two attached hydrogens (primary N) is 3. The third-order valence-electron chi connectivity index (χ3n) is 4.89. The summed E-state index contributed by atoms with van der Waals surface area (Å²) in [6.07, 6.45) is 5.75. The first-order valence-corrected chi connectivity index (χ1v) is 12.4. The van der Waals surface area contributed by atoms with Crippen molar-refractivity contribution in [3.8, 4) is 0 Å². The molecule has 15 heteroatoms. The van der Waals surface area contributed by atoms with Gasteiger partial charge in [-0.15, -0.1) is 0 Å². The van der Waals surface area contributed by atoms with Crippen molar-refractivity contribution < 1.29 is 24.3 Å². The van der Waals surface area contributed by atoms with Gasteiger partial charge >= 0.3 is 5.97 Å². The van der Waals surface area contributed by atoms with Crippen LogP contribution in [0.2, 0.25) is 0 Å². The van der Waals surface area contributed by atoms with Crippen LogP contribution >= 0.6 is 11.8 Å². The highest BCUT2D eigenvalue weighted by Gasteiger charge is 2.28. The van der Waals surface area contributed by atoms with Gasteiger partial charge in [-0.3, -0.25) is 19.4 Å². The lowest BCUT2D eigenvalue weighted by Crippen LogP contribution is -2.56. The molecule has 0 radical (unpaired) electrons. The molecule has 0 aliphatic carbocycles. The number of carbonyl (C=O) groups excluding carboxylic acids is 3. The highest BCUT2D eigenvalue weighted by molar-refractivity contribution is 7.98. The van der Waals surface area contributed by atoms with E-state index in [0.717, 1.165) is 0 Å². The minimum absolute atomic E-state index is 0.0989. The number of imidazole rings is 1. The number of carbonyl (C=O) groups is 4. The molecule has 0 fully saturated rings. The minimum atomic E-state index is -1.22. The van der Waals surface area contributed by atoms with Gasteiger partial charge in [-0.1, -0.05) is 0 Å². The number of aromatic nitrogens is 2. The molecule has 0 bridgehead atoms. The van der Waals surface area contributed by atoms with Gasteiger partial charge in [0, 0.05) is 24.9 Å². The molecular weight excluding hydrogens is 478 g/mol. The molecular formula is C20H35N9O5S. The minimum Gasteiger partial charge on any atom is -0.480 e. The number of nitrogens with zero attached hydrogens (tertiary/aromatic N) is 2. The molecule has 35 heavy (non-hydrogen) atoms. The summed E-state index contributed by atoms with van der Waals surface area (Å²) in [7, 11) is 0. The summed E-state index contributed by atoms with van der Waals surface area (Å²) >= 11 is 1.46. The number of hydrogen-bond acceptors (Lipinski definition) is 8. The van der Waals surface area contributed by atoms with E-state index in [-0.39, 0.29) is 31.8 Å². The number of guanidine groups is 1. The van der Waals surface area contributed by atoms with E-state index in [2.05, 4.69) is 30.9 Å². The maximum atomic E-state index is 12.8. The first-order valence-electron chi connectivity index (χ1n) is 11.0. The fourth-order valence-corrected chi connectivity index (χ4v) is 3.42. The molecule has 11 N–H and O–H groups in total. The Labute approximate surface area is 207 Å². The van der Waals surface area contributed by atoms with Crippen molar-refractivity contribution >= 4 is 41.4 Å². The van der Waals surface area contributed by atoms with Crippen LogP contribution in [0, 0.1) is 0 Å². The Bertz CT molecular complexity index is 861. The van der Waals surface area contributed by atoms with E-state index < -0.39 is 47.9 Å². The van der Waals surface area contributed by atoms with Gasteiger partial charge in [0.05, 0.1) is 12.4 Å². The molecule has 0 saturated heterocycles. The normalized spacial score (nSPS) is 14.1. The first kappa shape index (κ1) is 29.7. The largest absolute Gasteiger partial charge is 0.480 e. The zero-order valence-corrected chi connectivity index (χ0v) is 20.6. The molecule has 1 aromatic rings. The second-order valence-corrected chi connectivity index (χ2v) is 8.79. The molecule has 0 saturated carbocycles. The summed E-state index contributed by atoms with van der Waals surface area (Å²) in [4.78, 5) is 59.9. The Morgan fingerprint density at radius 1 is 1.11 bits per heavy atom. The van der Waals surface area contributed by atoms with Crippen molar-refractivity contribution in [2.75, 3.05) is 18.6 Å². The Morgan fingerprint density at radius 3 is 2.37 bits per heavy atom. The number of hydrogen-bond donors (Lipinski definition) is 8. The van der Waals surface area contributed by atoms with Crippen LogP contribution in [0.1, 0.15) is 31.9 Å². The molecule has 1 heterocycles. The van der Waals surface area contributed by atoms with Gasteiger partial charge < -0.3 is 43.2 Å². The van der Waals surface area contributed by atoms with E-state index >= 15 is 0 Å². The topological polar surface area (TPSA) is 244 Å². The summed E-state index contributed by atoms with van der Waals surface area (Å²) < 4.78 is 0. The number of aliphatic imine (C=N–C) groups is 1. The lowest BCUT2D eigenvalue weighted by Gasteiger charge is -2.23. The van der Waals surface area contributed by atoms with Crippen molar-refractivity contribution in [2.45, 2.75) is 56.8 Å². The van der Waals surface area contributed by atoms with E-state index in [1.165, 1.54) is 25.0 Å². The van der Waals surface area contributed by atoms with E-state index in [9.17, 15) is 24.3 Å². The summed E-state index contributed by atoms with van der Waals surface area (Å²) in [6, 6.07) is -4.05. The molecule has 4 atom stereocenters. The quantitative estimate of drug-likeness (QED) is 0.0664. The Balaban J connectivity index is 2.70. The average molecular weight is 514 g/mol. The Kier molecular flexibility index (Phi) is 13.2. The van der Waals surface area contributed by atoms with Crippen molar-refractivity contribution in [3.05, 3.63) is 18.2 Å². The molecule has 0 aliphatic rings. The Hall–Kier alpha value is -3.33. The van der Waals surface area contributed by atoms with Crippen LogP contribution in [0.25, 0.3) is 0 Å². The number of amides is 3. The van der Waals surface area contributed by atoms with Crippen LogP contribution in [0.15, 0.2) is 17.5 Å². The van der Waals surface area contributed by atoms with Gasteiger partial charge in [0.15, 0.2) is 5.96 Å². The molecule has 1 rings (SSSR count). The number of carboxylic acids is 1. The van der Waals surface area contributed by atoms with Crippen LogP contribution < -0.4 is 33.2 Å². The third-order valence-corrected chi connectivity index (χ3v) is 5.53. The number of aromatic amines is 1. The van der Waals surface area contributed by atoms with Crippen molar-refractivity contribution in [1.82, 2.24) is 25.9 Å². The fraction of sp³-hybridized carbons (Fsp3) is 0.600. The predicted molar refractivity (Wildman–Crippen MR) is 132 cm³/mol. The lowest BCUT2D eigenvalue weighted by atomic mass is 10.1. The number of rotatable bonds is 16. The highest BCUT2D eigenvalue weighted by Crippen LogP contribution is 2.05. The zero-order valence-electron chi connectivity index (χ0n) is 19.8. The van der Waals surface area contributed by atoms with E-state index in [0.29, 0.717) is 17.9 Å². The monoisotopic (exact) mass is 513 g/mol. The van der Waals surface area contributed by atoms with Crippen LogP contribution in [-0.4, -0.2) is 87.4 Å². The highest BCUT2D eigenvalue weighted by atomic mass is 32.2. The van der Waals surface area contributed by atoms with E-state index in [1.54, 1.807) is 6.20 Å². The second-order valence-electron chi connectivity index (χ2n) is 7.81. The summed E-state index contributed by atoms with van der Waals surface area (Å²) in [5, 5.41) is 17.0. The second kappa shape index (κ2) is 15.5. The molecule has 4 unspecified atom stereocenters. The molecule has 0 aromatic carbocycles. The first-order chi connectivity index (χ1) is 16.5. The zero-order chi connectivity index (χ0) is 26.4. The van der Waals surface area contributed by atoms with Gasteiger partial charge in [0.25, 0.3) is 0 Å². The number of carboxylic acid groups (broad SMARTS) is 1. The van der Waals surface area contributed by atoms with Crippen molar-refractivity contribution in [1.29, 1.82) is 0 Å². The van der Waals surface area contributed by atoms with Crippen LogP contribution in [0.5, 0.6) is 0 Å². The maximum absolute atomic E-state index is 12.8. The van der Waals surface area contributed by atoms with Gasteiger partial charge in [0.1, 0.15) is 18.1 Å². The van der Waals surface area contributed by atoms with Crippen LogP contribution in [0.3, 0.4) is 0 Å². The van der Waals surface area contributed by atoms with Crippen LogP contribution in [-0.2, 0) is 25.6 Å². The van der Waals surface area contributed by atoms with Crippen molar-refractivity contribution in [3.63, 3.8) is 0 Å². The predicted octanol–water partition coefficient (Wildman–Crippen LogP) is -2.35. The molecule has 196 valence electrons. The third kappa shape index (κ3) is 11.6. The lowest BCUT2D eigenvalue weighted by molar-refractivity contribution is -0.142. The standard InChI is InChI=1S/C20H35N9O5S/c1-11(27-17(31)13(21)8-12-9-24-10-26-12)16(30)28-14(5-7-35-2)18(32)29-15(19(33)34)4-3-6-25-20(22)23/h9-11,13-15H,3-8,21H2,1-2H3,(H,24,26)(H,27,31)(H,28,30)(H,29,32)(H,33,34)(H4,22,23,25). The van der Waals surface area contributed by atoms with Gasteiger partial charge in [-0.05, 0) is 38.2 Å². The van der Waals surface area contributed by atoms with Gasteiger partial charge in [-0.2, -0.15) is 11.8 Å². The number of H-pyrrole nitrogens is 1. The number of nitrogens with one attached hydrogen (secondary N) is 4. The summed E-state index contributed by atoms with van der Waals surface area (Å²) in [6.45, 7) is 1.68. The van der Waals surface area contributed by atoms with E-state index in [4.69, 9.17) is 17.2 Å². The molecule has 1 aromatic heterocycles. The summed E-state index contributed by atoms with van der Waals surface area (Å²) in [5.74, 6) is -2.58. The molecule has 0 aliphatic heterocycles. The van der Waals surface area contributed by atoms with Gasteiger partial charge in [0.2, 0.25) is 17.7 Å². The van der Waals surface area contributed by atoms with E-state index in [1.807, 2.05) is 6.26 Å². The summed E-state index contributed by atoms with van der Waals surface area (Å²) in [5.41, 5.74) is 17.0. The van der Waals surface area contributed by atoms with Gasteiger partial charge in [-0.25, -0.2) is 9.78 Å². The maximum Gasteiger partial charge on any atom is 0.326 e. The fourth-order valence-electron chi connectivity index (χ4n) is 2.95.